The van der Waals surface area contributed by atoms with Gasteiger partial charge in [0.15, 0.2) is 0 Å². The molecule has 1 N–H and O–H groups in total. The zero-order valence-electron chi connectivity index (χ0n) is 14.4. The van der Waals surface area contributed by atoms with Crippen LogP contribution in [0.3, 0.4) is 0 Å². The van der Waals surface area contributed by atoms with Crippen LogP contribution in [0.5, 0.6) is 0 Å². The lowest BCUT2D eigenvalue weighted by molar-refractivity contribution is -0.139. The summed E-state index contributed by atoms with van der Waals surface area (Å²) in [5, 5.41) is 3.17. The van der Waals surface area contributed by atoms with E-state index in [9.17, 15) is 9.59 Å². The third-order valence-electron chi connectivity index (χ3n) is 4.64. The van der Waals surface area contributed by atoms with E-state index < -0.39 is 0 Å². The first-order chi connectivity index (χ1) is 10.4. The molecule has 5 nitrogen and oxygen atoms in total. The second-order valence-electron chi connectivity index (χ2n) is 7.67. The van der Waals surface area contributed by atoms with Gasteiger partial charge in [-0.1, -0.05) is 40.0 Å². The highest BCUT2D eigenvalue weighted by atomic mass is 16.2. The van der Waals surface area contributed by atoms with Crippen LogP contribution in [0.2, 0.25) is 0 Å². The van der Waals surface area contributed by atoms with E-state index in [0.29, 0.717) is 19.1 Å². The highest BCUT2D eigenvalue weighted by molar-refractivity contribution is 5.81. The van der Waals surface area contributed by atoms with Crippen molar-refractivity contribution in [1.82, 2.24) is 15.1 Å². The molecule has 1 heterocycles. The fourth-order valence-corrected chi connectivity index (χ4v) is 3.31. The minimum Gasteiger partial charge on any atom is -0.340 e. The van der Waals surface area contributed by atoms with Crippen LogP contribution >= 0.6 is 0 Å². The van der Waals surface area contributed by atoms with Gasteiger partial charge in [-0.15, -0.1) is 0 Å². The molecule has 1 aliphatic carbocycles. The van der Waals surface area contributed by atoms with Crippen LogP contribution in [0.15, 0.2) is 0 Å². The summed E-state index contributed by atoms with van der Waals surface area (Å²) >= 11 is 0. The van der Waals surface area contributed by atoms with Crippen LogP contribution in [0.4, 0.5) is 4.79 Å². The molecule has 1 saturated carbocycles. The zero-order chi connectivity index (χ0) is 16.2. The molecule has 5 heteroatoms. The average molecular weight is 309 g/mol. The fourth-order valence-electron chi connectivity index (χ4n) is 3.31. The van der Waals surface area contributed by atoms with E-state index in [1.807, 2.05) is 30.6 Å². The molecule has 2 fully saturated rings. The van der Waals surface area contributed by atoms with E-state index in [1.165, 1.54) is 19.3 Å². The summed E-state index contributed by atoms with van der Waals surface area (Å²) in [5.74, 6) is 0.182. The number of rotatable bonds is 1. The van der Waals surface area contributed by atoms with Crippen molar-refractivity contribution in [1.29, 1.82) is 0 Å². The second kappa shape index (κ2) is 7.34. The molecule has 3 amide bonds. The quantitative estimate of drug-likeness (QED) is 0.809. The van der Waals surface area contributed by atoms with E-state index in [4.69, 9.17) is 0 Å². The van der Waals surface area contributed by atoms with Crippen molar-refractivity contribution in [2.24, 2.45) is 5.41 Å². The number of carbonyl (C=O) groups excluding carboxylic acids is 2. The van der Waals surface area contributed by atoms with Gasteiger partial charge >= 0.3 is 6.03 Å². The summed E-state index contributed by atoms with van der Waals surface area (Å²) < 4.78 is 0. The maximum absolute atomic E-state index is 12.4. The fraction of sp³-hybridized carbons (Fsp3) is 0.882. The van der Waals surface area contributed by atoms with Gasteiger partial charge in [0.2, 0.25) is 5.91 Å². The number of hydrogen-bond acceptors (Lipinski definition) is 2. The summed E-state index contributed by atoms with van der Waals surface area (Å²) in [7, 11) is 0. The first-order valence-electron chi connectivity index (χ1n) is 8.73. The standard InChI is InChI=1S/C17H31N3O2/c1-17(2,3)15(21)19-10-7-11-20(13-12-19)16(22)18-14-8-5-4-6-9-14/h14H,4-13H2,1-3H3,(H,18,22). The van der Waals surface area contributed by atoms with E-state index >= 15 is 0 Å². The topological polar surface area (TPSA) is 52.7 Å². The van der Waals surface area contributed by atoms with Crippen LogP contribution in [0, 0.1) is 5.41 Å². The summed E-state index contributed by atoms with van der Waals surface area (Å²) in [5.41, 5.74) is -0.348. The number of urea groups is 1. The van der Waals surface area contributed by atoms with Gasteiger partial charge in [-0.3, -0.25) is 4.79 Å². The second-order valence-corrected chi connectivity index (χ2v) is 7.67. The van der Waals surface area contributed by atoms with Crippen LogP contribution < -0.4 is 5.32 Å². The zero-order valence-corrected chi connectivity index (χ0v) is 14.4. The Morgan fingerprint density at radius 1 is 0.864 bits per heavy atom. The lowest BCUT2D eigenvalue weighted by atomic mass is 9.94. The Morgan fingerprint density at radius 2 is 1.45 bits per heavy atom. The summed E-state index contributed by atoms with van der Waals surface area (Å²) in [6.07, 6.45) is 6.81. The molecule has 126 valence electrons. The highest BCUT2D eigenvalue weighted by Gasteiger charge is 2.29. The van der Waals surface area contributed by atoms with E-state index in [1.54, 1.807) is 0 Å². The molecule has 0 aromatic rings. The van der Waals surface area contributed by atoms with Gasteiger partial charge in [-0.2, -0.15) is 0 Å². The monoisotopic (exact) mass is 309 g/mol. The van der Waals surface area contributed by atoms with Gasteiger partial charge in [-0.05, 0) is 19.3 Å². The smallest absolute Gasteiger partial charge is 0.317 e. The van der Waals surface area contributed by atoms with Crippen molar-refractivity contribution in [2.75, 3.05) is 26.2 Å². The molecular formula is C17H31N3O2. The van der Waals surface area contributed by atoms with Gasteiger partial charge in [0.05, 0.1) is 0 Å². The van der Waals surface area contributed by atoms with Gasteiger partial charge in [0.1, 0.15) is 0 Å². The molecule has 1 aliphatic heterocycles. The van der Waals surface area contributed by atoms with Crippen molar-refractivity contribution >= 4 is 11.9 Å². The normalized spacial score (nSPS) is 21.4. The number of nitrogens with one attached hydrogen (secondary N) is 1. The minimum atomic E-state index is -0.348. The average Bonchev–Trinajstić information content (AvgIpc) is 2.72. The Kier molecular flexibility index (Phi) is 5.70. The lowest BCUT2D eigenvalue weighted by Crippen LogP contribution is -2.47. The largest absolute Gasteiger partial charge is 0.340 e. The summed E-state index contributed by atoms with van der Waals surface area (Å²) in [6.45, 7) is 8.64. The molecule has 2 rings (SSSR count). The highest BCUT2D eigenvalue weighted by Crippen LogP contribution is 2.20. The molecule has 0 radical (unpaired) electrons. The van der Waals surface area contributed by atoms with Crippen LogP contribution in [-0.4, -0.2) is 54.0 Å². The first-order valence-corrected chi connectivity index (χ1v) is 8.73. The van der Waals surface area contributed by atoms with Gasteiger partial charge < -0.3 is 15.1 Å². The Balaban J connectivity index is 1.84. The molecule has 0 atom stereocenters. The molecular weight excluding hydrogens is 278 g/mol. The number of amides is 3. The van der Waals surface area contributed by atoms with Crippen molar-refractivity contribution < 1.29 is 9.59 Å². The van der Waals surface area contributed by atoms with Crippen molar-refractivity contribution in [2.45, 2.75) is 65.3 Å². The SMILES string of the molecule is CC(C)(C)C(=O)N1CCCN(C(=O)NC2CCCCC2)CC1. The van der Waals surface area contributed by atoms with Gasteiger partial charge in [-0.25, -0.2) is 4.79 Å². The Hall–Kier alpha value is -1.26. The number of carbonyl (C=O) groups is 2. The van der Waals surface area contributed by atoms with Crippen molar-refractivity contribution in [3.05, 3.63) is 0 Å². The van der Waals surface area contributed by atoms with Crippen LogP contribution in [-0.2, 0) is 4.79 Å². The van der Waals surface area contributed by atoms with Crippen LogP contribution in [0.1, 0.15) is 59.3 Å². The van der Waals surface area contributed by atoms with Crippen LogP contribution in [0.25, 0.3) is 0 Å². The lowest BCUT2D eigenvalue weighted by Gasteiger charge is -2.29. The molecule has 2 aliphatic rings. The maximum Gasteiger partial charge on any atom is 0.317 e. The third-order valence-corrected chi connectivity index (χ3v) is 4.64. The van der Waals surface area contributed by atoms with E-state index in [2.05, 4.69) is 5.32 Å². The molecule has 0 spiro atoms. The molecule has 0 aromatic heterocycles. The molecule has 22 heavy (non-hydrogen) atoms. The molecule has 0 aromatic carbocycles. The minimum absolute atomic E-state index is 0.0527. The summed E-state index contributed by atoms with van der Waals surface area (Å²) in [4.78, 5) is 28.6. The number of hydrogen-bond donors (Lipinski definition) is 1. The third kappa shape index (κ3) is 4.62. The van der Waals surface area contributed by atoms with Crippen molar-refractivity contribution in [3.63, 3.8) is 0 Å². The molecule has 1 saturated heterocycles. The Labute approximate surface area is 134 Å². The van der Waals surface area contributed by atoms with E-state index in [0.717, 1.165) is 32.4 Å². The number of nitrogens with zero attached hydrogens (tertiary/aromatic N) is 2. The first kappa shape index (κ1) is 17.1. The molecule has 0 unspecified atom stereocenters. The van der Waals surface area contributed by atoms with E-state index in [-0.39, 0.29) is 17.4 Å². The van der Waals surface area contributed by atoms with Gasteiger partial charge in [0.25, 0.3) is 0 Å². The maximum atomic E-state index is 12.4. The predicted octanol–water partition coefficient (Wildman–Crippen LogP) is 2.61. The molecule has 0 bridgehead atoms. The predicted molar refractivity (Wildman–Crippen MR) is 87.6 cm³/mol. The summed E-state index contributed by atoms with van der Waals surface area (Å²) in [6, 6.07) is 0.397. The van der Waals surface area contributed by atoms with Gasteiger partial charge in [0, 0.05) is 37.6 Å². The Morgan fingerprint density at radius 3 is 2.09 bits per heavy atom. The van der Waals surface area contributed by atoms with Crippen molar-refractivity contribution in [3.8, 4) is 0 Å². The Bertz CT molecular complexity index is 397.